The SMILES string of the molecule is O=C(NCc1cccnc1)c1ccc(N2CCCC2)nn1. The summed E-state index contributed by atoms with van der Waals surface area (Å²) in [7, 11) is 0. The van der Waals surface area contributed by atoms with Crippen LogP contribution in [0, 0.1) is 0 Å². The molecule has 0 radical (unpaired) electrons. The van der Waals surface area contributed by atoms with E-state index < -0.39 is 0 Å². The van der Waals surface area contributed by atoms with Crippen LogP contribution in [0.5, 0.6) is 0 Å². The van der Waals surface area contributed by atoms with E-state index >= 15 is 0 Å². The Morgan fingerprint density at radius 1 is 1.19 bits per heavy atom. The van der Waals surface area contributed by atoms with Gasteiger partial charge in [0.2, 0.25) is 0 Å². The second-order valence-electron chi connectivity index (χ2n) is 5.01. The first-order valence-electron chi connectivity index (χ1n) is 7.09. The highest BCUT2D eigenvalue weighted by Crippen LogP contribution is 2.16. The summed E-state index contributed by atoms with van der Waals surface area (Å²) in [6.45, 7) is 2.46. The number of aromatic nitrogens is 3. The zero-order chi connectivity index (χ0) is 14.5. The van der Waals surface area contributed by atoms with Crippen LogP contribution in [-0.4, -0.2) is 34.2 Å². The lowest BCUT2D eigenvalue weighted by Gasteiger charge is -2.15. The van der Waals surface area contributed by atoms with Crippen molar-refractivity contribution in [3.63, 3.8) is 0 Å². The standard InChI is InChI=1S/C15H17N5O/c21-15(17-11-12-4-3-7-16-10-12)13-5-6-14(19-18-13)20-8-1-2-9-20/h3-7,10H,1-2,8-9,11H2,(H,17,21). The van der Waals surface area contributed by atoms with E-state index in [9.17, 15) is 4.79 Å². The molecule has 3 rings (SSSR count). The molecule has 21 heavy (non-hydrogen) atoms. The van der Waals surface area contributed by atoms with Gasteiger partial charge >= 0.3 is 0 Å². The second-order valence-corrected chi connectivity index (χ2v) is 5.01. The first-order chi connectivity index (χ1) is 10.3. The predicted octanol–water partition coefficient (Wildman–Crippen LogP) is 1.40. The first-order valence-corrected chi connectivity index (χ1v) is 7.09. The fourth-order valence-corrected chi connectivity index (χ4v) is 2.34. The van der Waals surface area contributed by atoms with Gasteiger partial charge < -0.3 is 10.2 Å². The number of carbonyl (C=O) groups excluding carboxylic acids is 1. The lowest BCUT2D eigenvalue weighted by Crippen LogP contribution is -2.25. The Morgan fingerprint density at radius 3 is 2.71 bits per heavy atom. The Bertz CT molecular complexity index is 593. The van der Waals surface area contributed by atoms with E-state index in [4.69, 9.17) is 0 Å². The summed E-state index contributed by atoms with van der Waals surface area (Å²) in [6.07, 6.45) is 5.81. The van der Waals surface area contributed by atoms with Crippen LogP contribution in [-0.2, 0) is 6.54 Å². The summed E-state index contributed by atoms with van der Waals surface area (Å²) in [5.74, 6) is 0.621. The third-order valence-electron chi connectivity index (χ3n) is 3.49. The number of hydrogen-bond donors (Lipinski definition) is 1. The van der Waals surface area contributed by atoms with Crippen LogP contribution in [0.1, 0.15) is 28.9 Å². The number of anilines is 1. The van der Waals surface area contributed by atoms with Gasteiger partial charge in [-0.25, -0.2) is 0 Å². The van der Waals surface area contributed by atoms with E-state index in [1.807, 2.05) is 18.2 Å². The third kappa shape index (κ3) is 3.34. The van der Waals surface area contributed by atoms with Crippen molar-refractivity contribution in [2.45, 2.75) is 19.4 Å². The molecule has 0 unspecified atom stereocenters. The molecule has 0 aliphatic carbocycles. The van der Waals surface area contributed by atoms with Crippen molar-refractivity contribution in [1.29, 1.82) is 0 Å². The highest BCUT2D eigenvalue weighted by atomic mass is 16.1. The number of carbonyl (C=O) groups is 1. The van der Waals surface area contributed by atoms with Crippen molar-refractivity contribution in [3.05, 3.63) is 47.9 Å². The number of hydrogen-bond acceptors (Lipinski definition) is 5. The molecule has 108 valence electrons. The number of amides is 1. The summed E-state index contributed by atoms with van der Waals surface area (Å²) in [5, 5.41) is 11.0. The van der Waals surface area contributed by atoms with Gasteiger partial charge in [0.25, 0.3) is 5.91 Å². The van der Waals surface area contributed by atoms with E-state index in [1.54, 1.807) is 18.5 Å². The molecular weight excluding hydrogens is 266 g/mol. The summed E-state index contributed by atoms with van der Waals surface area (Å²) in [4.78, 5) is 18.2. The fourth-order valence-electron chi connectivity index (χ4n) is 2.34. The van der Waals surface area contributed by atoms with Gasteiger partial charge in [0.1, 0.15) is 0 Å². The van der Waals surface area contributed by atoms with Gasteiger partial charge in [-0.05, 0) is 36.6 Å². The molecule has 1 aliphatic heterocycles. The number of rotatable bonds is 4. The van der Waals surface area contributed by atoms with Crippen molar-refractivity contribution in [1.82, 2.24) is 20.5 Å². The lowest BCUT2D eigenvalue weighted by molar-refractivity contribution is 0.0945. The quantitative estimate of drug-likeness (QED) is 0.918. The largest absolute Gasteiger partial charge is 0.355 e. The number of nitrogens with one attached hydrogen (secondary N) is 1. The molecule has 2 aromatic heterocycles. The maximum Gasteiger partial charge on any atom is 0.272 e. The molecule has 1 saturated heterocycles. The average molecular weight is 283 g/mol. The zero-order valence-electron chi connectivity index (χ0n) is 11.7. The molecule has 0 bridgehead atoms. The van der Waals surface area contributed by atoms with E-state index in [0.29, 0.717) is 12.2 Å². The van der Waals surface area contributed by atoms with Crippen LogP contribution < -0.4 is 10.2 Å². The Hall–Kier alpha value is -2.50. The molecule has 1 aliphatic rings. The molecule has 3 heterocycles. The fraction of sp³-hybridized carbons (Fsp3) is 0.333. The van der Waals surface area contributed by atoms with Crippen LogP contribution in [0.2, 0.25) is 0 Å². The summed E-state index contributed by atoms with van der Waals surface area (Å²) in [6, 6.07) is 7.33. The Labute approximate surface area is 123 Å². The molecule has 6 heteroatoms. The number of nitrogens with zero attached hydrogens (tertiary/aromatic N) is 4. The van der Waals surface area contributed by atoms with Gasteiger partial charge in [-0.2, -0.15) is 0 Å². The number of pyridine rings is 1. The summed E-state index contributed by atoms with van der Waals surface area (Å²) in [5.41, 5.74) is 1.29. The van der Waals surface area contributed by atoms with E-state index in [-0.39, 0.29) is 5.91 Å². The molecule has 2 aromatic rings. The molecule has 0 atom stereocenters. The second kappa shape index (κ2) is 6.30. The van der Waals surface area contributed by atoms with Gasteiger partial charge in [0, 0.05) is 32.0 Å². The highest BCUT2D eigenvalue weighted by Gasteiger charge is 2.15. The minimum atomic E-state index is -0.223. The van der Waals surface area contributed by atoms with Crippen LogP contribution in [0.15, 0.2) is 36.7 Å². The topological polar surface area (TPSA) is 71.0 Å². The molecule has 0 aromatic carbocycles. The maximum atomic E-state index is 12.0. The van der Waals surface area contributed by atoms with Crippen LogP contribution in [0.4, 0.5) is 5.82 Å². The van der Waals surface area contributed by atoms with Crippen LogP contribution in [0.3, 0.4) is 0 Å². The third-order valence-corrected chi connectivity index (χ3v) is 3.49. The highest BCUT2D eigenvalue weighted by molar-refractivity contribution is 5.92. The van der Waals surface area contributed by atoms with Gasteiger partial charge in [-0.15, -0.1) is 10.2 Å². The minimum absolute atomic E-state index is 0.223. The Balaban J connectivity index is 1.59. The average Bonchev–Trinajstić information content (AvgIpc) is 3.08. The molecule has 1 amide bonds. The molecule has 6 nitrogen and oxygen atoms in total. The normalized spacial score (nSPS) is 14.2. The molecule has 1 fully saturated rings. The lowest BCUT2D eigenvalue weighted by atomic mass is 10.3. The van der Waals surface area contributed by atoms with Crippen LogP contribution >= 0.6 is 0 Å². The smallest absolute Gasteiger partial charge is 0.272 e. The van der Waals surface area contributed by atoms with Crippen molar-refractivity contribution in [2.24, 2.45) is 0 Å². The first kappa shape index (κ1) is 13.5. The summed E-state index contributed by atoms with van der Waals surface area (Å²) < 4.78 is 0. The van der Waals surface area contributed by atoms with Gasteiger partial charge in [-0.3, -0.25) is 9.78 Å². The maximum absolute atomic E-state index is 12.0. The monoisotopic (exact) mass is 283 g/mol. The summed E-state index contributed by atoms with van der Waals surface area (Å²) >= 11 is 0. The van der Waals surface area contributed by atoms with E-state index in [1.165, 1.54) is 12.8 Å². The minimum Gasteiger partial charge on any atom is -0.355 e. The van der Waals surface area contributed by atoms with Crippen molar-refractivity contribution >= 4 is 11.7 Å². The van der Waals surface area contributed by atoms with Gasteiger partial charge in [0.05, 0.1) is 0 Å². The van der Waals surface area contributed by atoms with E-state index in [0.717, 1.165) is 24.5 Å². The zero-order valence-corrected chi connectivity index (χ0v) is 11.7. The Morgan fingerprint density at radius 2 is 2.05 bits per heavy atom. The van der Waals surface area contributed by atoms with E-state index in [2.05, 4.69) is 25.4 Å². The van der Waals surface area contributed by atoms with Crippen molar-refractivity contribution in [3.8, 4) is 0 Å². The van der Waals surface area contributed by atoms with Gasteiger partial charge in [0.15, 0.2) is 11.5 Å². The van der Waals surface area contributed by atoms with Gasteiger partial charge in [-0.1, -0.05) is 6.07 Å². The van der Waals surface area contributed by atoms with Crippen LogP contribution in [0.25, 0.3) is 0 Å². The molecular formula is C15H17N5O. The Kier molecular flexibility index (Phi) is 4.04. The molecule has 1 N–H and O–H groups in total. The van der Waals surface area contributed by atoms with Crippen molar-refractivity contribution in [2.75, 3.05) is 18.0 Å². The predicted molar refractivity (Wildman–Crippen MR) is 78.9 cm³/mol. The molecule has 0 saturated carbocycles. The van der Waals surface area contributed by atoms with Crippen molar-refractivity contribution < 1.29 is 4.79 Å². The molecule has 0 spiro atoms.